The lowest BCUT2D eigenvalue weighted by Gasteiger charge is -2.47. The van der Waals surface area contributed by atoms with Crippen molar-refractivity contribution < 1.29 is 0 Å². The van der Waals surface area contributed by atoms with Gasteiger partial charge in [-0.1, -0.05) is 151 Å². The van der Waals surface area contributed by atoms with E-state index in [-0.39, 0.29) is 6.04 Å². The quantitative estimate of drug-likeness (QED) is 0.0705. The first kappa shape index (κ1) is 51.1. The largest absolute Gasteiger partial charge is 0.368 e. The molecule has 0 spiro atoms. The molecule has 11 atom stereocenters. The van der Waals surface area contributed by atoms with E-state index in [1.165, 1.54) is 171 Å². The van der Waals surface area contributed by atoms with Crippen LogP contribution in [0.3, 0.4) is 0 Å². The Morgan fingerprint density at radius 1 is 0.912 bits per heavy atom. The standard InChI is InChI=1S/C65H95N3/c1-9-12-27-52(10-2)48(5)42-62(66-49(6)53-28-16-13-14-17-29-53)54-37-40-58(41-38-54)68-59-44-51(43-55-30-18-15-19-34-63(55)68)36-39-56(45-59)65(8,11-3)46-61-50(7)67(64-35-23-22-33-60(61)64)57-31-21-20-25-47(4)26-24-32-57/h10,15,19,24,32,34,42,50-61,64H,2,4,6,9,11-14,16-17,20,22-23,25-29,33,35-41,43-46H2,1,3,5,7-8H3/b32-24-,48-42+,66-62+/t50?,51?,52?,54?,55?,56?,57?,58?,59?,60-,61?,64?,65?/m1/s1. The molecule has 2 saturated heterocycles. The van der Waals surface area contributed by atoms with Crippen LogP contribution in [0.1, 0.15) is 208 Å². The van der Waals surface area contributed by atoms with Crippen molar-refractivity contribution in [2.75, 3.05) is 0 Å². The second-order valence-corrected chi connectivity index (χ2v) is 24.0. The normalized spacial score (nSPS) is 35.8. The van der Waals surface area contributed by atoms with Crippen LogP contribution in [0.5, 0.6) is 0 Å². The summed E-state index contributed by atoms with van der Waals surface area (Å²) in [5.74, 6) is 19.5. The lowest BCUT2D eigenvalue weighted by molar-refractivity contribution is 0.0576. The number of aliphatic imine (C=N–C) groups is 1. The van der Waals surface area contributed by atoms with Gasteiger partial charge in [-0.2, -0.15) is 0 Å². The third kappa shape index (κ3) is 12.1. The minimum Gasteiger partial charge on any atom is -0.368 e. The lowest BCUT2D eigenvalue weighted by Crippen LogP contribution is -2.47. The van der Waals surface area contributed by atoms with Crippen molar-refractivity contribution in [3.05, 3.63) is 84.8 Å². The van der Waals surface area contributed by atoms with Crippen LogP contribution in [-0.4, -0.2) is 45.7 Å². The zero-order valence-corrected chi connectivity index (χ0v) is 44.1. The Hall–Kier alpha value is -3.27. The smallest absolute Gasteiger partial charge is 0.0905 e. The van der Waals surface area contributed by atoms with E-state index in [9.17, 15) is 0 Å². The SMILES string of the molecule is C=CC(CCCC)/C(C)=C/C(=N\C(=C)C1CCCCCC1)C1CCC(N2C3=CC=CC#CC3CC3CCC(C(C)(CC)CC4C(C)N(C5C#CCCC(=C)C/C=C\5)C5CCCC[C@H]45)CC2C3)CC1. The topological polar surface area (TPSA) is 18.8 Å². The maximum Gasteiger partial charge on any atom is 0.0905 e. The van der Waals surface area contributed by atoms with E-state index in [1.54, 1.807) is 5.70 Å². The van der Waals surface area contributed by atoms with Crippen molar-refractivity contribution in [1.82, 2.24) is 9.80 Å². The minimum atomic E-state index is 0.236. The summed E-state index contributed by atoms with van der Waals surface area (Å²) in [5.41, 5.74) is 7.11. The first-order valence-electron chi connectivity index (χ1n) is 28.9. The van der Waals surface area contributed by atoms with Gasteiger partial charge in [0.05, 0.1) is 12.0 Å². The number of rotatable bonds is 15. The minimum absolute atomic E-state index is 0.236. The predicted molar refractivity (Wildman–Crippen MR) is 292 cm³/mol. The molecular weight excluding hydrogens is 823 g/mol. The summed E-state index contributed by atoms with van der Waals surface area (Å²) in [4.78, 5) is 11.6. The Labute approximate surface area is 418 Å². The molecule has 0 radical (unpaired) electrons. The number of nitrogens with zero attached hydrogens (tertiary/aromatic N) is 3. The van der Waals surface area contributed by atoms with Gasteiger partial charge >= 0.3 is 0 Å². The maximum absolute atomic E-state index is 5.60. The summed E-state index contributed by atoms with van der Waals surface area (Å²) < 4.78 is 0. The van der Waals surface area contributed by atoms with Gasteiger partial charge in [0.2, 0.25) is 0 Å². The Kier molecular flexibility index (Phi) is 18.2. The average Bonchev–Trinajstić information content (AvgIpc) is 3.74. The summed E-state index contributed by atoms with van der Waals surface area (Å²) in [6.45, 7) is 26.0. The van der Waals surface area contributed by atoms with Crippen LogP contribution in [-0.2, 0) is 0 Å². The first-order valence-corrected chi connectivity index (χ1v) is 28.9. The summed E-state index contributed by atoms with van der Waals surface area (Å²) in [7, 11) is 0. The fourth-order valence-electron chi connectivity index (χ4n) is 15.6. The molecule has 3 nitrogen and oxygen atoms in total. The molecule has 370 valence electrons. The number of hydrogen-bond donors (Lipinski definition) is 0. The fraction of sp³-hybridized carbons (Fsp3) is 0.708. The molecule has 6 aliphatic carbocycles. The van der Waals surface area contributed by atoms with E-state index in [0.29, 0.717) is 53.3 Å². The molecular formula is C65H95N3. The molecule has 0 amide bonds. The van der Waals surface area contributed by atoms with Crippen molar-refractivity contribution in [1.29, 1.82) is 0 Å². The van der Waals surface area contributed by atoms with Crippen LogP contribution in [0, 0.1) is 76.4 Å². The van der Waals surface area contributed by atoms with E-state index in [1.807, 2.05) is 0 Å². The van der Waals surface area contributed by atoms with Crippen LogP contribution in [0.2, 0.25) is 0 Å². The van der Waals surface area contributed by atoms with E-state index in [2.05, 4.69) is 124 Å². The van der Waals surface area contributed by atoms with Gasteiger partial charge in [0, 0.05) is 59.5 Å². The maximum atomic E-state index is 5.60. The van der Waals surface area contributed by atoms with Crippen molar-refractivity contribution in [2.45, 2.75) is 238 Å². The van der Waals surface area contributed by atoms with Crippen molar-refractivity contribution in [2.24, 2.45) is 57.8 Å². The third-order valence-electron chi connectivity index (χ3n) is 19.8. The van der Waals surface area contributed by atoms with Gasteiger partial charge in [-0.3, -0.25) is 9.89 Å². The van der Waals surface area contributed by atoms with Crippen LogP contribution in [0.4, 0.5) is 0 Å². The molecule has 68 heavy (non-hydrogen) atoms. The lowest BCUT2D eigenvalue weighted by atomic mass is 9.63. The monoisotopic (exact) mass is 918 g/mol. The van der Waals surface area contributed by atoms with Crippen molar-refractivity contribution >= 4 is 5.71 Å². The van der Waals surface area contributed by atoms with E-state index in [0.717, 1.165) is 48.6 Å². The van der Waals surface area contributed by atoms with Crippen LogP contribution < -0.4 is 0 Å². The van der Waals surface area contributed by atoms with Crippen LogP contribution in [0.15, 0.2) is 89.8 Å². The predicted octanol–water partition coefficient (Wildman–Crippen LogP) is 16.7. The highest BCUT2D eigenvalue weighted by molar-refractivity contribution is 5.98. The third-order valence-corrected chi connectivity index (χ3v) is 19.8. The molecule has 0 aromatic carbocycles. The molecule has 10 unspecified atom stereocenters. The number of hydrogen-bond acceptors (Lipinski definition) is 3. The molecule has 4 saturated carbocycles. The summed E-state index contributed by atoms with van der Waals surface area (Å²) in [6.07, 6.45) is 50.6. The molecule has 6 fully saturated rings. The Bertz CT molecular complexity index is 2020. The van der Waals surface area contributed by atoms with Gasteiger partial charge in [-0.25, -0.2) is 0 Å². The Morgan fingerprint density at radius 3 is 2.46 bits per heavy atom. The first-order chi connectivity index (χ1) is 33.1. The van der Waals surface area contributed by atoms with E-state index >= 15 is 0 Å². The van der Waals surface area contributed by atoms with Gasteiger partial charge < -0.3 is 4.90 Å². The zero-order valence-electron chi connectivity index (χ0n) is 44.1. The average molecular weight is 918 g/mol. The second kappa shape index (κ2) is 24.2. The van der Waals surface area contributed by atoms with Gasteiger partial charge in [0.25, 0.3) is 0 Å². The number of unbranched alkanes of at least 4 members (excludes halogenated alkanes) is 1. The van der Waals surface area contributed by atoms with Gasteiger partial charge in [0.1, 0.15) is 0 Å². The van der Waals surface area contributed by atoms with Crippen LogP contribution in [0.25, 0.3) is 0 Å². The highest BCUT2D eigenvalue weighted by Gasteiger charge is 2.52. The van der Waals surface area contributed by atoms with Crippen LogP contribution >= 0.6 is 0 Å². The van der Waals surface area contributed by atoms with Crippen molar-refractivity contribution in [3.63, 3.8) is 0 Å². The summed E-state index contributed by atoms with van der Waals surface area (Å²) >= 11 is 0. The van der Waals surface area contributed by atoms with Gasteiger partial charge in [-0.05, 0) is 170 Å². The fourth-order valence-corrected chi connectivity index (χ4v) is 15.6. The molecule has 0 aromatic heterocycles. The van der Waals surface area contributed by atoms with Gasteiger partial charge in [0.15, 0.2) is 0 Å². The molecule has 2 heterocycles. The van der Waals surface area contributed by atoms with E-state index in [4.69, 9.17) is 11.6 Å². The summed E-state index contributed by atoms with van der Waals surface area (Å²) in [6, 6.07) is 2.59. The molecule has 8 rings (SSSR count). The second-order valence-electron chi connectivity index (χ2n) is 24.0. The van der Waals surface area contributed by atoms with E-state index < -0.39 is 0 Å². The Balaban J connectivity index is 1.04. The molecule has 0 aromatic rings. The number of likely N-dealkylation sites (tertiary alicyclic amines) is 2. The zero-order chi connectivity index (χ0) is 47.6. The molecule has 3 heteroatoms. The number of fused-ring (bicyclic) bond motifs is 4. The molecule has 2 aliphatic heterocycles. The highest BCUT2D eigenvalue weighted by Crippen LogP contribution is 2.55. The Morgan fingerprint density at radius 2 is 1.69 bits per heavy atom. The highest BCUT2D eigenvalue weighted by atomic mass is 15.2. The van der Waals surface area contributed by atoms with Gasteiger partial charge in [-0.15, -0.1) is 12.5 Å². The molecule has 8 aliphatic rings. The molecule has 0 N–H and O–H groups in total. The number of allylic oxidation sites excluding steroid dienone is 10. The summed E-state index contributed by atoms with van der Waals surface area (Å²) in [5, 5.41) is 0. The van der Waals surface area contributed by atoms with Crippen molar-refractivity contribution in [3.8, 4) is 23.7 Å². The molecule has 2 bridgehead atoms.